The first-order valence-corrected chi connectivity index (χ1v) is 7.55. The Morgan fingerprint density at radius 3 is 2.43 bits per heavy atom. The number of benzene rings is 1. The number of methoxy groups -OCH3 is 1. The highest BCUT2D eigenvalue weighted by atomic mass is 32.2. The van der Waals surface area contributed by atoms with Crippen LogP contribution in [0.1, 0.15) is 5.69 Å². The first-order valence-electron chi connectivity index (χ1n) is 5.90. The van der Waals surface area contributed by atoms with Crippen LogP contribution in [0.4, 0.5) is 5.69 Å². The molecule has 0 aliphatic heterocycles. The van der Waals surface area contributed by atoms with Gasteiger partial charge in [-0.15, -0.1) is 0 Å². The first kappa shape index (κ1) is 14.9. The monoisotopic (exact) mass is 308 g/mol. The summed E-state index contributed by atoms with van der Waals surface area (Å²) in [6, 6.07) is 10.2. The maximum atomic E-state index is 12.3. The average Bonchev–Trinajstić information content (AvgIpc) is 2.47. The largest absolute Gasteiger partial charge is 0.481 e. The standard InChI is InChI=1S/C13H12N2O5S/c1-20-13-8-7-12(15(16)17)11(14-13)9-21(18,19)10-5-3-2-4-6-10/h2-8H,9H2,1H3. The molecule has 0 saturated carbocycles. The Morgan fingerprint density at radius 2 is 1.86 bits per heavy atom. The van der Waals surface area contributed by atoms with Crippen molar-refractivity contribution in [2.75, 3.05) is 7.11 Å². The zero-order chi connectivity index (χ0) is 15.5. The molecule has 0 aliphatic rings. The van der Waals surface area contributed by atoms with E-state index >= 15 is 0 Å². The number of sulfone groups is 1. The molecule has 21 heavy (non-hydrogen) atoms. The minimum absolute atomic E-state index is 0.0870. The minimum Gasteiger partial charge on any atom is -0.481 e. The molecule has 1 aromatic carbocycles. The van der Waals surface area contributed by atoms with Crippen molar-refractivity contribution in [2.45, 2.75) is 10.6 Å². The molecular formula is C13H12N2O5S. The molecule has 2 aromatic rings. The summed E-state index contributed by atoms with van der Waals surface area (Å²) in [5, 5.41) is 11.0. The number of rotatable bonds is 5. The quantitative estimate of drug-likeness (QED) is 0.618. The Morgan fingerprint density at radius 1 is 1.19 bits per heavy atom. The van der Waals surface area contributed by atoms with Crippen molar-refractivity contribution in [3.8, 4) is 5.88 Å². The van der Waals surface area contributed by atoms with Gasteiger partial charge in [-0.05, 0) is 12.1 Å². The normalized spacial score (nSPS) is 11.1. The highest BCUT2D eigenvalue weighted by molar-refractivity contribution is 7.90. The molecule has 0 radical (unpaired) electrons. The van der Waals surface area contributed by atoms with Gasteiger partial charge in [-0.2, -0.15) is 0 Å². The van der Waals surface area contributed by atoms with Gasteiger partial charge in [-0.1, -0.05) is 18.2 Å². The van der Waals surface area contributed by atoms with Gasteiger partial charge in [0, 0.05) is 12.1 Å². The lowest BCUT2D eigenvalue weighted by atomic mass is 10.3. The predicted octanol–water partition coefficient (Wildman–Crippen LogP) is 1.97. The Kier molecular flexibility index (Phi) is 4.18. The number of aromatic nitrogens is 1. The maximum absolute atomic E-state index is 12.3. The van der Waals surface area contributed by atoms with Crippen LogP contribution in [0.25, 0.3) is 0 Å². The summed E-state index contributed by atoms with van der Waals surface area (Å²) in [5.74, 6) is -0.441. The van der Waals surface area contributed by atoms with E-state index in [1.165, 1.54) is 31.4 Å². The van der Waals surface area contributed by atoms with Crippen LogP contribution in [0.2, 0.25) is 0 Å². The van der Waals surface area contributed by atoms with Crippen molar-refractivity contribution in [3.05, 3.63) is 58.3 Å². The topological polar surface area (TPSA) is 99.4 Å². The van der Waals surface area contributed by atoms with E-state index in [1.807, 2.05) is 0 Å². The highest BCUT2D eigenvalue weighted by Gasteiger charge is 2.24. The maximum Gasteiger partial charge on any atom is 0.292 e. The fourth-order valence-corrected chi connectivity index (χ4v) is 3.06. The van der Waals surface area contributed by atoms with E-state index in [4.69, 9.17) is 4.74 Å². The summed E-state index contributed by atoms with van der Waals surface area (Å²) >= 11 is 0. The van der Waals surface area contributed by atoms with E-state index in [1.54, 1.807) is 18.2 Å². The van der Waals surface area contributed by atoms with Gasteiger partial charge in [0.25, 0.3) is 5.69 Å². The van der Waals surface area contributed by atoms with Gasteiger partial charge in [0.15, 0.2) is 9.84 Å². The zero-order valence-electron chi connectivity index (χ0n) is 11.1. The molecular weight excluding hydrogens is 296 g/mol. The molecule has 0 atom stereocenters. The van der Waals surface area contributed by atoms with Crippen molar-refractivity contribution in [1.29, 1.82) is 0 Å². The number of nitrogens with zero attached hydrogens (tertiary/aromatic N) is 2. The second kappa shape index (κ2) is 5.88. The smallest absolute Gasteiger partial charge is 0.292 e. The zero-order valence-corrected chi connectivity index (χ0v) is 11.9. The van der Waals surface area contributed by atoms with Gasteiger partial charge in [-0.3, -0.25) is 10.1 Å². The molecule has 0 saturated heterocycles. The third kappa shape index (κ3) is 3.34. The molecule has 0 spiro atoms. The van der Waals surface area contributed by atoms with Crippen LogP contribution in [-0.2, 0) is 15.6 Å². The lowest BCUT2D eigenvalue weighted by Crippen LogP contribution is -2.09. The second-order valence-electron chi connectivity index (χ2n) is 4.15. The molecule has 0 amide bonds. The second-order valence-corrected chi connectivity index (χ2v) is 6.14. The molecule has 1 aromatic heterocycles. The van der Waals surface area contributed by atoms with Crippen LogP contribution in [0, 0.1) is 10.1 Å². The molecule has 0 N–H and O–H groups in total. The molecule has 2 rings (SSSR count). The highest BCUT2D eigenvalue weighted by Crippen LogP contribution is 2.24. The van der Waals surface area contributed by atoms with Gasteiger partial charge in [0.05, 0.1) is 16.9 Å². The van der Waals surface area contributed by atoms with Crippen LogP contribution in [-0.4, -0.2) is 25.4 Å². The lowest BCUT2D eigenvalue weighted by Gasteiger charge is -2.06. The molecule has 110 valence electrons. The molecule has 0 unspecified atom stereocenters. The SMILES string of the molecule is COc1ccc([N+](=O)[O-])c(CS(=O)(=O)c2ccccc2)n1. The van der Waals surface area contributed by atoms with Gasteiger partial charge in [-0.25, -0.2) is 13.4 Å². The summed E-state index contributed by atoms with van der Waals surface area (Å²) in [4.78, 5) is 14.3. The van der Waals surface area contributed by atoms with Crippen molar-refractivity contribution >= 4 is 15.5 Å². The van der Waals surface area contributed by atoms with Gasteiger partial charge in [0.1, 0.15) is 11.4 Å². The average molecular weight is 308 g/mol. The van der Waals surface area contributed by atoms with Gasteiger partial charge >= 0.3 is 0 Å². The van der Waals surface area contributed by atoms with Crippen molar-refractivity contribution in [1.82, 2.24) is 4.98 Å². The Hall–Kier alpha value is -2.48. The Bertz CT molecular complexity index is 759. The molecule has 1 heterocycles. The predicted molar refractivity (Wildman–Crippen MR) is 74.8 cm³/mol. The molecule has 0 fully saturated rings. The molecule has 0 aliphatic carbocycles. The number of nitro groups is 1. The summed E-state index contributed by atoms with van der Waals surface area (Å²) in [7, 11) is -2.37. The van der Waals surface area contributed by atoms with E-state index < -0.39 is 20.5 Å². The summed E-state index contributed by atoms with van der Waals surface area (Å²) in [6.45, 7) is 0. The van der Waals surface area contributed by atoms with E-state index in [0.29, 0.717) is 0 Å². The van der Waals surface area contributed by atoms with Gasteiger partial charge < -0.3 is 4.74 Å². The minimum atomic E-state index is -3.72. The first-order chi connectivity index (χ1) is 9.94. The van der Waals surface area contributed by atoms with Crippen molar-refractivity contribution < 1.29 is 18.1 Å². The fourth-order valence-electron chi connectivity index (χ4n) is 1.75. The number of hydrogen-bond donors (Lipinski definition) is 0. The van der Waals surface area contributed by atoms with Crippen LogP contribution < -0.4 is 4.74 Å². The molecule has 8 heteroatoms. The molecule has 7 nitrogen and oxygen atoms in total. The third-order valence-electron chi connectivity index (χ3n) is 2.76. The summed E-state index contributed by atoms with van der Waals surface area (Å²) in [5.41, 5.74) is -0.501. The van der Waals surface area contributed by atoms with E-state index in [-0.39, 0.29) is 22.2 Å². The van der Waals surface area contributed by atoms with Crippen LogP contribution >= 0.6 is 0 Å². The Labute approximate surface area is 121 Å². The van der Waals surface area contributed by atoms with Crippen molar-refractivity contribution in [3.63, 3.8) is 0 Å². The third-order valence-corrected chi connectivity index (χ3v) is 4.40. The van der Waals surface area contributed by atoms with Crippen LogP contribution in [0.5, 0.6) is 5.88 Å². The van der Waals surface area contributed by atoms with Crippen LogP contribution in [0.3, 0.4) is 0 Å². The van der Waals surface area contributed by atoms with E-state index in [9.17, 15) is 18.5 Å². The number of pyridine rings is 1. The Balaban J connectivity index is 2.45. The summed E-state index contributed by atoms with van der Waals surface area (Å²) < 4.78 is 29.4. The van der Waals surface area contributed by atoms with E-state index in [2.05, 4.69) is 4.98 Å². The number of ether oxygens (including phenoxy) is 1. The van der Waals surface area contributed by atoms with Gasteiger partial charge in [0.2, 0.25) is 5.88 Å². The van der Waals surface area contributed by atoms with E-state index in [0.717, 1.165) is 0 Å². The summed E-state index contributed by atoms with van der Waals surface area (Å²) in [6.07, 6.45) is 0. The van der Waals surface area contributed by atoms with Crippen molar-refractivity contribution in [2.24, 2.45) is 0 Å². The lowest BCUT2D eigenvalue weighted by molar-refractivity contribution is -0.385. The fraction of sp³-hybridized carbons (Fsp3) is 0.154. The van der Waals surface area contributed by atoms with Crippen LogP contribution in [0.15, 0.2) is 47.4 Å². The molecule has 0 bridgehead atoms. The number of hydrogen-bond acceptors (Lipinski definition) is 6.